The Balaban J connectivity index is 0.00000181. The molecule has 2 aromatic rings. The second-order valence-corrected chi connectivity index (χ2v) is 12.0. The van der Waals surface area contributed by atoms with Crippen molar-refractivity contribution in [1.82, 2.24) is 20.1 Å². The molecule has 0 bridgehead atoms. The molecule has 0 spiro atoms. The quantitative estimate of drug-likeness (QED) is 0.468. The first-order chi connectivity index (χ1) is 19.4. The number of amides is 1. The number of nitrogens with one attached hydrogen (secondary N) is 1. The molecule has 0 unspecified atom stereocenters. The molecular weight excluding hydrogens is 498 g/mol. The number of aromatic nitrogens is 1. The van der Waals surface area contributed by atoms with E-state index in [2.05, 4.69) is 63.1 Å². The first-order valence-electron chi connectivity index (χ1n) is 15.6. The van der Waals surface area contributed by atoms with Crippen LogP contribution in [0.25, 0.3) is 0 Å². The molecule has 1 aromatic heterocycles. The minimum Gasteiger partial charge on any atom is -0.504 e. The van der Waals surface area contributed by atoms with Gasteiger partial charge in [-0.3, -0.25) is 14.6 Å². The van der Waals surface area contributed by atoms with Crippen molar-refractivity contribution >= 4 is 11.7 Å². The standard InChI is InChI=1S/C31H45N5O2.C2H6/c1-24-8-10-26(11-9-24)23-34-14-12-31(2,13-15-34)36-18-16-35(17-19-36)29-28(37)20-27(22-32-29)30(38)33-21-25-6-4-3-5-7-25;1-2/h8-11,20,22,25,37H,3-7,12-19,21,23H2,1-2H3,(H,33,38);1-2H3. The molecule has 2 aliphatic heterocycles. The summed E-state index contributed by atoms with van der Waals surface area (Å²) >= 11 is 0. The van der Waals surface area contributed by atoms with Crippen LogP contribution in [0.5, 0.6) is 5.75 Å². The topological polar surface area (TPSA) is 71.9 Å². The summed E-state index contributed by atoms with van der Waals surface area (Å²) in [7, 11) is 0. The number of carbonyl (C=O) groups is 1. The molecule has 5 rings (SSSR count). The minimum atomic E-state index is -0.142. The van der Waals surface area contributed by atoms with Crippen LogP contribution in [0.1, 0.15) is 87.2 Å². The van der Waals surface area contributed by atoms with Gasteiger partial charge in [0.05, 0.1) is 5.56 Å². The monoisotopic (exact) mass is 549 g/mol. The van der Waals surface area contributed by atoms with Gasteiger partial charge in [0, 0.05) is 64.1 Å². The second kappa shape index (κ2) is 14.3. The van der Waals surface area contributed by atoms with E-state index in [1.807, 2.05) is 13.8 Å². The predicted molar refractivity (Wildman–Crippen MR) is 164 cm³/mol. The molecule has 1 aromatic carbocycles. The van der Waals surface area contributed by atoms with E-state index in [9.17, 15) is 9.90 Å². The molecule has 3 fully saturated rings. The van der Waals surface area contributed by atoms with E-state index in [0.717, 1.165) is 45.8 Å². The number of aryl methyl sites for hydroxylation is 1. The number of hydrogen-bond donors (Lipinski definition) is 2. The van der Waals surface area contributed by atoms with E-state index >= 15 is 0 Å². The van der Waals surface area contributed by atoms with E-state index in [-0.39, 0.29) is 17.2 Å². The number of benzene rings is 1. The first kappa shape index (κ1) is 30.3. The van der Waals surface area contributed by atoms with E-state index in [1.165, 1.54) is 56.1 Å². The molecule has 0 atom stereocenters. The lowest BCUT2D eigenvalue weighted by atomic mass is 9.87. The van der Waals surface area contributed by atoms with Crippen LogP contribution in [0.4, 0.5) is 5.82 Å². The van der Waals surface area contributed by atoms with Crippen LogP contribution in [-0.4, -0.2) is 77.1 Å². The Morgan fingerprint density at radius 1 is 1.00 bits per heavy atom. The second-order valence-electron chi connectivity index (χ2n) is 12.0. The number of carbonyl (C=O) groups excluding carboxylic acids is 1. The highest BCUT2D eigenvalue weighted by atomic mass is 16.3. The number of piperazine rings is 1. The molecule has 220 valence electrons. The van der Waals surface area contributed by atoms with Crippen molar-refractivity contribution in [3.8, 4) is 5.75 Å². The van der Waals surface area contributed by atoms with Gasteiger partial charge in [0.2, 0.25) is 0 Å². The fourth-order valence-corrected chi connectivity index (χ4v) is 6.46. The van der Waals surface area contributed by atoms with E-state index in [0.29, 0.717) is 23.8 Å². The van der Waals surface area contributed by atoms with Gasteiger partial charge in [0.25, 0.3) is 5.91 Å². The van der Waals surface area contributed by atoms with Gasteiger partial charge in [0.1, 0.15) is 0 Å². The molecule has 1 amide bonds. The molecule has 1 saturated carbocycles. The van der Waals surface area contributed by atoms with Crippen LogP contribution >= 0.6 is 0 Å². The van der Waals surface area contributed by atoms with Crippen LogP contribution in [0.2, 0.25) is 0 Å². The Kier molecular flexibility index (Phi) is 10.8. The summed E-state index contributed by atoms with van der Waals surface area (Å²) in [5.41, 5.74) is 3.36. The number of nitrogens with zero attached hydrogens (tertiary/aromatic N) is 4. The maximum Gasteiger partial charge on any atom is 0.252 e. The predicted octanol–water partition coefficient (Wildman–Crippen LogP) is 5.61. The zero-order valence-corrected chi connectivity index (χ0v) is 25.3. The smallest absolute Gasteiger partial charge is 0.252 e. The van der Waals surface area contributed by atoms with Gasteiger partial charge in [-0.05, 0) is 57.1 Å². The van der Waals surface area contributed by atoms with Gasteiger partial charge in [-0.2, -0.15) is 0 Å². The number of hydrogen-bond acceptors (Lipinski definition) is 6. The lowest BCUT2D eigenvalue weighted by Gasteiger charge is -2.50. The third-order valence-corrected chi connectivity index (χ3v) is 9.19. The molecule has 3 aliphatic rings. The Labute approximate surface area is 242 Å². The molecule has 7 nitrogen and oxygen atoms in total. The Bertz CT molecular complexity index is 1070. The maximum absolute atomic E-state index is 12.6. The van der Waals surface area contributed by atoms with Crippen molar-refractivity contribution in [1.29, 1.82) is 0 Å². The maximum atomic E-state index is 12.6. The van der Waals surface area contributed by atoms with Crippen molar-refractivity contribution < 1.29 is 9.90 Å². The van der Waals surface area contributed by atoms with Crippen LogP contribution in [0.3, 0.4) is 0 Å². The third-order valence-electron chi connectivity index (χ3n) is 9.19. The van der Waals surface area contributed by atoms with Gasteiger partial charge in [-0.15, -0.1) is 0 Å². The molecule has 2 N–H and O–H groups in total. The van der Waals surface area contributed by atoms with Crippen LogP contribution < -0.4 is 10.2 Å². The van der Waals surface area contributed by atoms with Crippen LogP contribution in [0, 0.1) is 12.8 Å². The Morgan fingerprint density at radius 3 is 2.27 bits per heavy atom. The number of anilines is 1. The fraction of sp³-hybridized carbons (Fsp3) is 0.636. The highest BCUT2D eigenvalue weighted by molar-refractivity contribution is 5.94. The number of aromatic hydroxyl groups is 1. The molecular formula is C33H51N5O2. The van der Waals surface area contributed by atoms with E-state index < -0.39 is 0 Å². The van der Waals surface area contributed by atoms with E-state index in [4.69, 9.17) is 0 Å². The third kappa shape index (κ3) is 7.76. The number of rotatable bonds is 7. The zero-order chi connectivity index (χ0) is 28.5. The van der Waals surface area contributed by atoms with Gasteiger partial charge in [0.15, 0.2) is 11.6 Å². The summed E-state index contributed by atoms with van der Waals surface area (Å²) in [6, 6.07) is 10.5. The average Bonchev–Trinajstić information content (AvgIpc) is 3.00. The fourth-order valence-electron chi connectivity index (χ4n) is 6.46. The zero-order valence-electron chi connectivity index (χ0n) is 25.3. The van der Waals surface area contributed by atoms with Crippen molar-refractivity contribution in [3.05, 3.63) is 53.2 Å². The summed E-state index contributed by atoms with van der Waals surface area (Å²) in [4.78, 5) is 24.5. The normalized spacial score (nSPS) is 20.4. The molecule has 0 radical (unpaired) electrons. The number of pyridine rings is 1. The van der Waals surface area contributed by atoms with E-state index in [1.54, 1.807) is 12.3 Å². The summed E-state index contributed by atoms with van der Waals surface area (Å²) < 4.78 is 0. The first-order valence-corrected chi connectivity index (χ1v) is 15.6. The van der Waals surface area contributed by atoms with Gasteiger partial charge < -0.3 is 15.3 Å². The molecule has 7 heteroatoms. The van der Waals surface area contributed by atoms with Crippen LogP contribution in [0.15, 0.2) is 36.5 Å². The van der Waals surface area contributed by atoms with Crippen molar-refractivity contribution in [2.24, 2.45) is 5.92 Å². The van der Waals surface area contributed by atoms with Crippen LogP contribution in [-0.2, 0) is 6.54 Å². The van der Waals surface area contributed by atoms with Crippen molar-refractivity contribution in [2.75, 3.05) is 50.7 Å². The lowest BCUT2D eigenvalue weighted by Crippen LogP contribution is -2.59. The highest BCUT2D eigenvalue weighted by Gasteiger charge is 2.37. The Hall–Kier alpha value is -2.64. The summed E-state index contributed by atoms with van der Waals surface area (Å²) in [5, 5.41) is 13.8. The minimum absolute atomic E-state index is 0.0967. The van der Waals surface area contributed by atoms with Crippen molar-refractivity contribution in [3.63, 3.8) is 0 Å². The summed E-state index contributed by atoms with van der Waals surface area (Å²) in [6.07, 6.45) is 10.2. The van der Waals surface area contributed by atoms with Gasteiger partial charge in [-0.1, -0.05) is 62.9 Å². The molecule has 1 aliphatic carbocycles. The van der Waals surface area contributed by atoms with Gasteiger partial charge >= 0.3 is 0 Å². The molecule has 3 heterocycles. The van der Waals surface area contributed by atoms with Crippen molar-refractivity contribution in [2.45, 2.75) is 84.7 Å². The average molecular weight is 550 g/mol. The molecule has 2 saturated heterocycles. The summed E-state index contributed by atoms with van der Waals surface area (Å²) in [6.45, 7) is 16.1. The summed E-state index contributed by atoms with van der Waals surface area (Å²) in [5.74, 6) is 1.12. The molecule has 40 heavy (non-hydrogen) atoms. The Morgan fingerprint density at radius 2 is 1.65 bits per heavy atom. The largest absolute Gasteiger partial charge is 0.504 e. The number of piperidine rings is 1. The van der Waals surface area contributed by atoms with Gasteiger partial charge in [-0.25, -0.2) is 4.98 Å². The highest BCUT2D eigenvalue weighted by Crippen LogP contribution is 2.32. The SMILES string of the molecule is CC.Cc1ccc(CN2CCC(C)(N3CCN(c4ncc(C(=O)NCC5CCCCC5)cc4O)CC3)CC2)cc1. The lowest BCUT2D eigenvalue weighted by molar-refractivity contribution is 0.0277. The number of likely N-dealkylation sites (tertiary alicyclic amines) is 1.